The van der Waals surface area contributed by atoms with Crippen LogP contribution in [0.2, 0.25) is 0 Å². The van der Waals surface area contributed by atoms with Gasteiger partial charge in [0.1, 0.15) is 0 Å². The molecule has 0 aliphatic heterocycles. The SMILES string of the molecule is Cc1ccc(SCc2c(C)cccc2C)c(N)c1. The highest BCUT2D eigenvalue weighted by molar-refractivity contribution is 7.98. The number of benzene rings is 2. The first-order valence-electron chi connectivity index (χ1n) is 6.12. The lowest BCUT2D eigenvalue weighted by molar-refractivity contribution is 1.23. The number of nitrogens with two attached hydrogens (primary N) is 1. The Bertz CT molecular complexity index is 541. The van der Waals surface area contributed by atoms with Crippen LogP contribution < -0.4 is 5.73 Å². The maximum Gasteiger partial charge on any atom is 0.0454 e. The van der Waals surface area contributed by atoms with Gasteiger partial charge in [0.15, 0.2) is 0 Å². The van der Waals surface area contributed by atoms with Gasteiger partial charge in [-0.05, 0) is 55.2 Å². The molecule has 2 aromatic rings. The summed E-state index contributed by atoms with van der Waals surface area (Å²) < 4.78 is 0. The van der Waals surface area contributed by atoms with Gasteiger partial charge in [-0.3, -0.25) is 0 Å². The van der Waals surface area contributed by atoms with Gasteiger partial charge in [0.2, 0.25) is 0 Å². The zero-order valence-corrected chi connectivity index (χ0v) is 12.0. The number of nitrogen functional groups attached to an aromatic ring is 1. The lowest BCUT2D eigenvalue weighted by Gasteiger charge is -2.11. The molecule has 0 aliphatic rings. The third-order valence-electron chi connectivity index (χ3n) is 3.18. The first kappa shape index (κ1) is 13.0. The zero-order chi connectivity index (χ0) is 13.1. The summed E-state index contributed by atoms with van der Waals surface area (Å²) in [6.45, 7) is 6.40. The summed E-state index contributed by atoms with van der Waals surface area (Å²) >= 11 is 1.81. The van der Waals surface area contributed by atoms with E-state index in [1.54, 1.807) is 0 Å². The molecule has 2 heteroatoms. The average molecular weight is 257 g/mol. The predicted octanol–water partition coefficient (Wildman–Crippen LogP) is 4.49. The third kappa shape index (κ3) is 2.88. The van der Waals surface area contributed by atoms with Crippen LogP contribution in [-0.2, 0) is 5.75 Å². The maximum absolute atomic E-state index is 6.04. The zero-order valence-electron chi connectivity index (χ0n) is 11.2. The lowest BCUT2D eigenvalue weighted by Crippen LogP contribution is -1.93. The minimum atomic E-state index is 0.881. The number of aryl methyl sites for hydroxylation is 3. The normalized spacial score (nSPS) is 10.6. The Balaban J connectivity index is 2.16. The molecule has 0 atom stereocenters. The highest BCUT2D eigenvalue weighted by atomic mass is 32.2. The Labute approximate surface area is 113 Å². The number of thioether (sulfide) groups is 1. The van der Waals surface area contributed by atoms with Crippen LogP contribution in [0.3, 0.4) is 0 Å². The summed E-state index contributed by atoms with van der Waals surface area (Å²) in [5, 5.41) is 0. The fourth-order valence-electron chi connectivity index (χ4n) is 2.03. The van der Waals surface area contributed by atoms with Gasteiger partial charge in [0.05, 0.1) is 0 Å². The molecule has 0 fully saturated rings. The van der Waals surface area contributed by atoms with Crippen LogP contribution in [0.25, 0.3) is 0 Å². The van der Waals surface area contributed by atoms with E-state index in [1.807, 2.05) is 17.8 Å². The van der Waals surface area contributed by atoms with Crippen LogP contribution >= 0.6 is 11.8 Å². The highest BCUT2D eigenvalue weighted by Gasteiger charge is 2.05. The van der Waals surface area contributed by atoms with Crippen molar-refractivity contribution in [1.29, 1.82) is 0 Å². The van der Waals surface area contributed by atoms with Crippen LogP contribution in [0, 0.1) is 20.8 Å². The topological polar surface area (TPSA) is 26.0 Å². The first-order valence-corrected chi connectivity index (χ1v) is 7.10. The number of hydrogen-bond donors (Lipinski definition) is 1. The summed E-state index contributed by atoms with van der Waals surface area (Å²) in [7, 11) is 0. The molecule has 0 aliphatic carbocycles. The highest BCUT2D eigenvalue weighted by Crippen LogP contribution is 2.30. The Hall–Kier alpha value is -1.41. The molecule has 2 aromatic carbocycles. The van der Waals surface area contributed by atoms with Crippen LogP contribution in [0.15, 0.2) is 41.3 Å². The van der Waals surface area contributed by atoms with Crippen molar-refractivity contribution in [2.24, 2.45) is 0 Å². The molecular weight excluding hydrogens is 238 g/mol. The molecule has 1 nitrogen and oxygen atoms in total. The average Bonchev–Trinajstić information content (AvgIpc) is 2.31. The fourth-order valence-corrected chi connectivity index (χ4v) is 3.17. The molecule has 0 bridgehead atoms. The lowest BCUT2D eigenvalue weighted by atomic mass is 10.1. The molecule has 0 unspecified atom stereocenters. The second-order valence-electron chi connectivity index (χ2n) is 4.70. The Kier molecular flexibility index (Phi) is 3.97. The summed E-state index contributed by atoms with van der Waals surface area (Å²) in [4.78, 5) is 1.17. The maximum atomic E-state index is 6.04. The van der Waals surface area contributed by atoms with Gasteiger partial charge < -0.3 is 5.73 Å². The molecule has 2 rings (SSSR count). The number of anilines is 1. The molecular formula is C16H19NS. The second kappa shape index (κ2) is 5.49. The monoisotopic (exact) mass is 257 g/mol. The second-order valence-corrected chi connectivity index (χ2v) is 5.72. The molecule has 2 N–H and O–H groups in total. The molecule has 0 radical (unpaired) electrons. The summed E-state index contributed by atoms with van der Waals surface area (Å²) in [6.07, 6.45) is 0. The van der Waals surface area contributed by atoms with E-state index in [4.69, 9.17) is 5.73 Å². The minimum absolute atomic E-state index is 0.881. The van der Waals surface area contributed by atoms with Crippen molar-refractivity contribution in [2.45, 2.75) is 31.4 Å². The van der Waals surface area contributed by atoms with Crippen molar-refractivity contribution in [1.82, 2.24) is 0 Å². The molecule has 0 saturated carbocycles. The molecule has 0 saturated heterocycles. The number of rotatable bonds is 3. The van der Waals surface area contributed by atoms with Crippen molar-refractivity contribution >= 4 is 17.4 Å². The van der Waals surface area contributed by atoms with Crippen molar-refractivity contribution in [3.63, 3.8) is 0 Å². The van der Waals surface area contributed by atoms with Crippen LogP contribution in [-0.4, -0.2) is 0 Å². The van der Waals surface area contributed by atoms with Gasteiger partial charge in [-0.2, -0.15) is 0 Å². The standard InChI is InChI=1S/C16H19NS/c1-11-7-8-16(15(17)9-11)18-10-14-12(2)5-4-6-13(14)3/h4-9H,10,17H2,1-3H3. The summed E-state index contributed by atoms with van der Waals surface area (Å²) in [6, 6.07) is 12.7. The van der Waals surface area contributed by atoms with Gasteiger partial charge in [-0.25, -0.2) is 0 Å². The molecule has 0 amide bonds. The van der Waals surface area contributed by atoms with Crippen molar-refractivity contribution in [2.75, 3.05) is 5.73 Å². The van der Waals surface area contributed by atoms with Crippen LogP contribution in [0.5, 0.6) is 0 Å². The van der Waals surface area contributed by atoms with Crippen molar-refractivity contribution in [3.8, 4) is 0 Å². The van der Waals surface area contributed by atoms with E-state index in [9.17, 15) is 0 Å². The largest absolute Gasteiger partial charge is 0.398 e. The van der Waals surface area contributed by atoms with E-state index in [-0.39, 0.29) is 0 Å². The van der Waals surface area contributed by atoms with Gasteiger partial charge in [0.25, 0.3) is 0 Å². The Morgan fingerprint density at radius 2 is 1.67 bits per heavy atom. The van der Waals surface area contributed by atoms with E-state index in [2.05, 4.69) is 51.1 Å². The van der Waals surface area contributed by atoms with Crippen LogP contribution in [0.1, 0.15) is 22.3 Å². The smallest absolute Gasteiger partial charge is 0.0454 e. The quantitative estimate of drug-likeness (QED) is 0.648. The Morgan fingerprint density at radius 3 is 2.28 bits per heavy atom. The molecule has 18 heavy (non-hydrogen) atoms. The first-order chi connectivity index (χ1) is 8.58. The fraction of sp³-hybridized carbons (Fsp3) is 0.250. The third-order valence-corrected chi connectivity index (χ3v) is 4.30. The van der Waals surface area contributed by atoms with Crippen molar-refractivity contribution < 1.29 is 0 Å². The molecule has 0 heterocycles. The van der Waals surface area contributed by atoms with E-state index in [0.717, 1.165) is 11.4 Å². The van der Waals surface area contributed by atoms with E-state index < -0.39 is 0 Å². The van der Waals surface area contributed by atoms with Crippen LogP contribution in [0.4, 0.5) is 5.69 Å². The summed E-state index contributed by atoms with van der Waals surface area (Å²) in [5.74, 6) is 0.978. The molecule has 0 aromatic heterocycles. The van der Waals surface area contributed by atoms with Gasteiger partial charge in [0, 0.05) is 16.3 Å². The molecule has 94 valence electrons. The summed E-state index contributed by atoms with van der Waals surface area (Å²) in [5.41, 5.74) is 12.3. The van der Waals surface area contributed by atoms with Gasteiger partial charge >= 0.3 is 0 Å². The predicted molar refractivity (Wildman–Crippen MR) is 81.1 cm³/mol. The Morgan fingerprint density at radius 1 is 1.00 bits per heavy atom. The minimum Gasteiger partial charge on any atom is -0.398 e. The van der Waals surface area contributed by atoms with Gasteiger partial charge in [-0.15, -0.1) is 11.8 Å². The van der Waals surface area contributed by atoms with Crippen molar-refractivity contribution in [3.05, 3.63) is 58.7 Å². The molecule has 0 spiro atoms. The van der Waals surface area contributed by atoms with Gasteiger partial charge in [-0.1, -0.05) is 24.3 Å². The van der Waals surface area contributed by atoms with E-state index in [1.165, 1.54) is 27.1 Å². The van der Waals surface area contributed by atoms with E-state index in [0.29, 0.717) is 0 Å². The van der Waals surface area contributed by atoms with E-state index >= 15 is 0 Å². The number of hydrogen-bond acceptors (Lipinski definition) is 2.